The van der Waals surface area contributed by atoms with Gasteiger partial charge >= 0.3 is 0 Å². The van der Waals surface area contributed by atoms with Gasteiger partial charge < -0.3 is 9.30 Å². The number of fused-ring (bicyclic) bond motifs is 1. The summed E-state index contributed by atoms with van der Waals surface area (Å²) in [6.45, 7) is 3.83. The molecule has 0 amide bonds. The minimum Gasteiger partial charge on any atom is -0.370 e. The number of rotatable bonds is 3. The minimum atomic E-state index is -0.804. The highest BCUT2D eigenvalue weighted by atomic mass is 19.2. The Morgan fingerprint density at radius 3 is 2.83 bits per heavy atom. The number of aromatic nitrogens is 3. The minimum absolute atomic E-state index is 0.0593. The molecular formula is C17H20F2N4O. The van der Waals surface area contributed by atoms with E-state index in [9.17, 15) is 8.78 Å². The molecule has 0 unspecified atom stereocenters. The zero-order valence-corrected chi connectivity index (χ0v) is 13.4. The van der Waals surface area contributed by atoms with Gasteiger partial charge in [0.05, 0.1) is 0 Å². The highest BCUT2D eigenvalue weighted by Crippen LogP contribution is 2.28. The maximum Gasteiger partial charge on any atom is 0.162 e. The van der Waals surface area contributed by atoms with Crippen LogP contribution in [0, 0.1) is 11.6 Å². The fraction of sp³-hybridized carbons (Fsp3) is 0.529. The summed E-state index contributed by atoms with van der Waals surface area (Å²) in [5, 5.41) is 8.66. The molecule has 1 atom stereocenters. The Labute approximate surface area is 139 Å². The lowest BCUT2D eigenvalue weighted by Crippen LogP contribution is -2.27. The summed E-state index contributed by atoms with van der Waals surface area (Å²) < 4.78 is 34.3. The Kier molecular flexibility index (Phi) is 4.28. The van der Waals surface area contributed by atoms with Gasteiger partial charge in [-0.1, -0.05) is 6.07 Å². The Balaban J connectivity index is 1.45. The molecule has 4 rings (SSSR count). The number of hydrogen-bond donors (Lipinski definition) is 0. The number of halogens is 2. The molecule has 3 heterocycles. The van der Waals surface area contributed by atoms with Crippen molar-refractivity contribution in [2.75, 3.05) is 19.7 Å². The number of hydrogen-bond acceptors (Lipinski definition) is 4. The zero-order chi connectivity index (χ0) is 16.5. The molecular weight excluding hydrogens is 314 g/mol. The quantitative estimate of drug-likeness (QED) is 0.865. The Morgan fingerprint density at radius 2 is 2.04 bits per heavy atom. The molecule has 0 N–H and O–H groups in total. The van der Waals surface area contributed by atoms with Crippen LogP contribution in [-0.2, 0) is 24.2 Å². The van der Waals surface area contributed by atoms with Crippen molar-refractivity contribution >= 4 is 0 Å². The standard InChI is InChI=1S/C17H20F2N4O/c18-13-4-3-12(10-14(13)19)11-22-6-5-16-20-21-17(23(16)8-7-22)15-2-1-9-24-15/h3-4,10,15H,1-2,5-9,11H2/t15-/m0/s1. The lowest BCUT2D eigenvalue weighted by Gasteiger charge is -2.20. The molecule has 1 saturated heterocycles. The topological polar surface area (TPSA) is 43.2 Å². The summed E-state index contributed by atoms with van der Waals surface area (Å²) in [5.74, 6) is 0.313. The van der Waals surface area contributed by atoms with E-state index in [0.29, 0.717) is 6.54 Å². The first-order valence-electron chi connectivity index (χ1n) is 8.40. The molecule has 0 spiro atoms. The summed E-state index contributed by atoms with van der Waals surface area (Å²) in [6, 6.07) is 4.10. The van der Waals surface area contributed by atoms with E-state index in [2.05, 4.69) is 19.7 Å². The smallest absolute Gasteiger partial charge is 0.162 e. The van der Waals surface area contributed by atoms with Crippen molar-refractivity contribution in [3.63, 3.8) is 0 Å². The normalized spacial score (nSPS) is 21.7. The summed E-state index contributed by atoms with van der Waals surface area (Å²) in [6.07, 6.45) is 2.92. The van der Waals surface area contributed by atoms with Gasteiger partial charge in [0.15, 0.2) is 17.5 Å². The van der Waals surface area contributed by atoms with Crippen LogP contribution in [0.3, 0.4) is 0 Å². The second-order valence-corrected chi connectivity index (χ2v) is 6.40. The SMILES string of the molecule is Fc1ccc(CN2CCc3nnc([C@@H]4CCCO4)n3CC2)cc1F. The van der Waals surface area contributed by atoms with Gasteiger partial charge in [-0.05, 0) is 30.5 Å². The van der Waals surface area contributed by atoms with E-state index >= 15 is 0 Å². The lowest BCUT2D eigenvalue weighted by molar-refractivity contribution is 0.101. The Morgan fingerprint density at radius 1 is 1.12 bits per heavy atom. The molecule has 0 saturated carbocycles. The molecule has 24 heavy (non-hydrogen) atoms. The van der Waals surface area contributed by atoms with Crippen LogP contribution in [0.25, 0.3) is 0 Å². The molecule has 7 heteroatoms. The van der Waals surface area contributed by atoms with Crippen molar-refractivity contribution in [1.29, 1.82) is 0 Å². The first-order chi connectivity index (χ1) is 11.7. The third-order valence-electron chi connectivity index (χ3n) is 4.76. The van der Waals surface area contributed by atoms with E-state index in [1.165, 1.54) is 12.1 Å². The fourth-order valence-corrected chi connectivity index (χ4v) is 3.46. The van der Waals surface area contributed by atoms with Gasteiger partial charge in [-0.2, -0.15) is 0 Å². The monoisotopic (exact) mass is 334 g/mol. The van der Waals surface area contributed by atoms with Gasteiger partial charge in [-0.25, -0.2) is 8.78 Å². The predicted octanol–water partition coefficient (Wildman–Crippen LogP) is 2.47. The van der Waals surface area contributed by atoms with E-state index in [4.69, 9.17) is 4.74 Å². The fourth-order valence-electron chi connectivity index (χ4n) is 3.46. The first kappa shape index (κ1) is 15.7. The Bertz CT molecular complexity index is 727. The van der Waals surface area contributed by atoms with Crippen molar-refractivity contribution in [1.82, 2.24) is 19.7 Å². The van der Waals surface area contributed by atoms with Crippen LogP contribution in [-0.4, -0.2) is 39.4 Å². The van der Waals surface area contributed by atoms with Crippen LogP contribution in [0.2, 0.25) is 0 Å². The average Bonchev–Trinajstić information content (AvgIpc) is 3.19. The van der Waals surface area contributed by atoms with Gasteiger partial charge in [0, 0.05) is 39.2 Å². The first-order valence-corrected chi connectivity index (χ1v) is 8.40. The van der Waals surface area contributed by atoms with Gasteiger partial charge in [0.1, 0.15) is 11.9 Å². The summed E-state index contributed by atoms with van der Waals surface area (Å²) in [4.78, 5) is 2.24. The molecule has 2 aliphatic rings. The molecule has 0 aliphatic carbocycles. The maximum atomic E-state index is 13.4. The highest BCUT2D eigenvalue weighted by Gasteiger charge is 2.27. The average molecular weight is 334 g/mol. The van der Waals surface area contributed by atoms with Gasteiger partial charge in [0.2, 0.25) is 0 Å². The predicted molar refractivity (Wildman–Crippen MR) is 83.3 cm³/mol. The van der Waals surface area contributed by atoms with E-state index in [-0.39, 0.29) is 6.10 Å². The zero-order valence-electron chi connectivity index (χ0n) is 13.4. The molecule has 128 valence electrons. The summed E-state index contributed by atoms with van der Waals surface area (Å²) >= 11 is 0. The van der Waals surface area contributed by atoms with E-state index in [0.717, 1.165) is 62.7 Å². The van der Waals surface area contributed by atoms with E-state index < -0.39 is 11.6 Å². The van der Waals surface area contributed by atoms with Crippen LogP contribution in [0.1, 0.15) is 36.2 Å². The van der Waals surface area contributed by atoms with Crippen molar-refractivity contribution in [2.45, 2.75) is 38.5 Å². The van der Waals surface area contributed by atoms with Crippen molar-refractivity contribution < 1.29 is 13.5 Å². The second-order valence-electron chi connectivity index (χ2n) is 6.40. The third kappa shape index (κ3) is 3.06. The van der Waals surface area contributed by atoms with Crippen LogP contribution in [0.15, 0.2) is 18.2 Å². The number of benzene rings is 1. The summed E-state index contributed by atoms with van der Waals surface area (Å²) in [5.41, 5.74) is 0.783. The third-order valence-corrected chi connectivity index (χ3v) is 4.76. The largest absolute Gasteiger partial charge is 0.370 e. The molecule has 2 aliphatic heterocycles. The van der Waals surface area contributed by atoms with Gasteiger partial charge in [-0.15, -0.1) is 10.2 Å². The van der Waals surface area contributed by atoms with Crippen LogP contribution < -0.4 is 0 Å². The molecule has 5 nitrogen and oxygen atoms in total. The number of ether oxygens (including phenoxy) is 1. The van der Waals surface area contributed by atoms with Gasteiger partial charge in [0.25, 0.3) is 0 Å². The van der Waals surface area contributed by atoms with Crippen molar-refractivity contribution in [2.24, 2.45) is 0 Å². The molecule has 1 aromatic carbocycles. The number of nitrogens with zero attached hydrogens (tertiary/aromatic N) is 4. The maximum absolute atomic E-state index is 13.4. The lowest BCUT2D eigenvalue weighted by atomic mass is 10.2. The molecule has 0 radical (unpaired) electrons. The molecule has 0 bridgehead atoms. The van der Waals surface area contributed by atoms with Crippen LogP contribution in [0.4, 0.5) is 8.78 Å². The Hall–Kier alpha value is -1.86. The van der Waals surface area contributed by atoms with Crippen LogP contribution >= 0.6 is 0 Å². The molecule has 1 aromatic heterocycles. The van der Waals surface area contributed by atoms with E-state index in [1.54, 1.807) is 6.07 Å². The van der Waals surface area contributed by atoms with Crippen molar-refractivity contribution in [3.05, 3.63) is 47.0 Å². The second kappa shape index (κ2) is 6.57. The van der Waals surface area contributed by atoms with Gasteiger partial charge in [-0.3, -0.25) is 4.90 Å². The molecule has 2 aromatic rings. The molecule has 1 fully saturated rings. The highest BCUT2D eigenvalue weighted by molar-refractivity contribution is 5.17. The van der Waals surface area contributed by atoms with E-state index in [1.807, 2.05) is 0 Å². The van der Waals surface area contributed by atoms with Crippen LogP contribution in [0.5, 0.6) is 0 Å². The summed E-state index contributed by atoms with van der Waals surface area (Å²) in [7, 11) is 0. The van der Waals surface area contributed by atoms with Crippen molar-refractivity contribution in [3.8, 4) is 0 Å².